The highest BCUT2D eigenvalue weighted by molar-refractivity contribution is 7.80. The zero-order chi connectivity index (χ0) is 10.4. The van der Waals surface area contributed by atoms with Crippen molar-refractivity contribution in [2.75, 3.05) is 6.54 Å². The first-order valence-electron chi connectivity index (χ1n) is 4.53. The molecule has 2 N–H and O–H groups in total. The Kier molecular flexibility index (Phi) is 4.31. The molecule has 0 saturated heterocycles. The van der Waals surface area contributed by atoms with Crippen molar-refractivity contribution in [2.45, 2.75) is 26.8 Å². The maximum Gasteiger partial charge on any atom is 0.223 e. The third kappa shape index (κ3) is 3.69. The van der Waals surface area contributed by atoms with Crippen molar-refractivity contribution in [1.82, 2.24) is 20.8 Å². The van der Waals surface area contributed by atoms with Gasteiger partial charge in [-0.05, 0) is 18.6 Å². The van der Waals surface area contributed by atoms with E-state index in [0.29, 0.717) is 23.4 Å². The van der Waals surface area contributed by atoms with Gasteiger partial charge in [0.2, 0.25) is 5.89 Å². The number of rotatable bonds is 4. The average Bonchev–Trinajstić information content (AvgIpc) is 2.58. The van der Waals surface area contributed by atoms with Crippen molar-refractivity contribution in [2.24, 2.45) is 0 Å². The third-order valence-corrected chi connectivity index (χ3v) is 1.80. The van der Waals surface area contributed by atoms with E-state index in [4.69, 9.17) is 16.7 Å². The number of hydrogen-bond donors (Lipinski definition) is 2. The fourth-order valence-electron chi connectivity index (χ4n) is 0.873. The van der Waals surface area contributed by atoms with Crippen molar-refractivity contribution < 1.29 is 4.52 Å². The maximum atomic E-state index is 5.02. The van der Waals surface area contributed by atoms with Crippen molar-refractivity contribution >= 4 is 17.3 Å². The van der Waals surface area contributed by atoms with Gasteiger partial charge in [-0.3, -0.25) is 0 Å². The van der Waals surface area contributed by atoms with Crippen LogP contribution in [0.25, 0.3) is 0 Å². The number of aryl methyl sites for hydroxylation is 1. The Bertz CT molecular complexity index is 299. The fraction of sp³-hybridized carbons (Fsp3) is 0.625. The van der Waals surface area contributed by atoms with Gasteiger partial charge in [0.25, 0.3) is 0 Å². The standard InChI is InChI=1S/C8H14N4OS/c1-3-4-9-8(14)10-5-7-11-6(2)13-12-7/h3-5H2,1-2H3,(H2,9,10,14). The summed E-state index contributed by atoms with van der Waals surface area (Å²) in [4.78, 5) is 4.04. The van der Waals surface area contributed by atoms with Crippen LogP contribution in [0, 0.1) is 6.92 Å². The molecule has 0 atom stereocenters. The molecule has 0 aliphatic carbocycles. The van der Waals surface area contributed by atoms with Crippen molar-refractivity contribution in [3.8, 4) is 0 Å². The van der Waals surface area contributed by atoms with Crippen LogP contribution >= 0.6 is 12.2 Å². The van der Waals surface area contributed by atoms with Gasteiger partial charge < -0.3 is 15.2 Å². The minimum atomic E-state index is 0.493. The normalized spacial score (nSPS) is 9.86. The van der Waals surface area contributed by atoms with Crippen LogP contribution in [-0.4, -0.2) is 21.8 Å². The molecule has 0 bridgehead atoms. The summed E-state index contributed by atoms with van der Waals surface area (Å²) in [6.07, 6.45) is 1.04. The maximum absolute atomic E-state index is 5.02. The minimum Gasteiger partial charge on any atom is -0.363 e. The summed E-state index contributed by atoms with van der Waals surface area (Å²) in [6, 6.07) is 0. The molecule has 0 spiro atoms. The van der Waals surface area contributed by atoms with E-state index in [1.807, 2.05) is 0 Å². The van der Waals surface area contributed by atoms with Gasteiger partial charge in [-0.15, -0.1) is 0 Å². The van der Waals surface area contributed by atoms with Crippen molar-refractivity contribution in [3.05, 3.63) is 11.7 Å². The summed E-state index contributed by atoms with van der Waals surface area (Å²) in [7, 11) is 0. The number of nitrogens with zero attached hydrogens (tertiary/aromatic N) is 2. The Balaban J connectivity index is 2.23. The van der Waals surface area contributed by atoms with Gasteiger partial charge in [0.1, 0.15) is 0 Å². The van der Waals surface area contributed by atoms with E-state index in [1.165, 1.54) is 0 Å². The van der Waals surface area contributed by atoms with Gasteiger partial charge in [0.05, 0.1) is 6.54 Å². The second-order valence-corrected chi connectivity index (χ2v) is 3.25. The van der Waals surface area contributed by atoms with E-state index < -0.39 is 0 Å². The van der Waals surface area contributed by atoms with Crippen LogP contribution in [-0.2, 0) is 6.54 Å². The van der Waals surface area contributed by atoms with Crippen LogP contribution in [0.5, 0.6) is 0 Å². The first-order chi connectivity index (χ1) is 6.72. The van der Waals surface area contributed by atoms with Crippen LogP contribution < -0.4 is 10.6 Å². The van der Waals surface area contributed by atoms with Gasteiger partial charge in [-0.25, -0.2) is 0 Å². The molecular weight excluding hydrogens is 200 g/mol. The highest BCUT2D eigenvalue weighted by Crippen LogP contribution is 1.93. The molecule has 1 rings (SSSR count). The first-order valence-corrected chi connectivity index (χ1v) is 4.94. The summed E-state index contributed by atoms with van der Waals surface area (Å²) in [5.41, 5.74) is 0. The SMILES string of the molecule is CCCNC(=S)NCc1noc(C)n1. The molecule has 0 radical (unpaired) electrons. The summed E-state index contributed by atoms with van der Waals surface area (Å²) in [5.74, 6) is 1.18. The zero-order valence-electron chi connectivity index (χ0n) is 8.33. The van der Waals surface area contributed by atoms with Crippen LogP contribution in [0.2, 0.25) is 0 Å². The third-order valence-electron chi connectivity index (χ3n) is 1.51. The number of hydrogen-bond acceptors (Lipinski definition) is 4. The topological polar surface area (TPSA) is 63.0 Å². The van der Waals surface area contributed by atoms with Crippen LogP contribution in [0.4, 0.5) is 0 Å². The second-order valence-electron chi connectivity index (χ2n) is 2.84. The molecule has 1 aromatic heterocycles. The Morgan fingerprint density at radius 2 is 2.29 bits per heavy atom. The molecule has 78 valence electrons. The van der Waals surface area contributed by atoms with E-state index in [0.717, 1.165) is 13.0 Å². The second kappa shape index (κ2) is 5.54. The van der Waals surface area contributed by atoms with E-state index in [2.05, 4.69) is 27.7 Å². The highest BCUT2D eigenvalue weighted by Gasteiger charge is 2.01. The van der Waals surface area contributed by atoms with E-state index >= 15 is 0 Å². The largest absolute Gasteiger partial charge is 0.363 e. The summed E-state index contributed by atoms with van der Waals surface area (Å²) < 4.78 is 4.81. The molecular formula is C8H14N4OS. The fourth-order valence-corrected chi connectivity index (χ4v) is 1.05. The molecule has 0 saturated carbocycles. The average molecular weight is 214 g/mol. The summed E-state index contributed by atoms with van der Waals surface area (Å²) in [5, 5.41) is 10.4. The van der Waals surface area contributed by atoms with Crippen molar-refractivity contribution in [1.29, 1.82) is 0 Å². The van der Waals surface area contributed by atoms with Gasteiger partial charge >= 0.3 is 0 Å². The Morgan fingerprint density at radius 1 is 1.50 bits per heavy atom. The predicted molar refractivity (Wildman–Crippen MR) is 56.8 cm³/mol. The minimum absolute atomic E-state index is 0.493. The Labute approximate surface area is 88.3 Å². The van der Waals surface area contributed by atoms with Crippen LogP contribution in [0.3, 0.4) is 0 Å². The smallest absolute Gasteiger partial charge is 0.223 e. The Hall–Kier alpha value is -1.17. The lowest BCUT2D eigenvalue weighted by Gasteiger charge is -2.06. The molecule has 0 aliphatic rings. The van der Waals surface area contributed by atoms with Gasteiger partial charge in [0.15, 0.2) is 10.9 Å². The number of thiocarbonyl (C=S) groups is 1. The van der Waals surface area contributed by atoms with Crippen LogP contribution in [0.1, 0.15) is 25.1 Å². The zero-order valence-corrected chi connectivity index (χ0v) is 9.15. The van der Waals surface area contributed by atoms with Gasteiger partial charge in [-0.1, -0.05) is 12.1 Å². The van der Waals surface area contributed by atoms with Crippen LogP contribution in [0.15, 0.2) is 4.52 Å². The van der Waals surface area contributed by atoms with E-state index in [9.17, 15) is 0 Å². The molecule has 6 heteroatoms. The lowest BCUT2D eigenvalue weighted by atomic mass is 10.5. The molecule has 0 fully saturated rings. The molecule has 5 nitrogen and oxygen atoms in total. The highest BCUT2D eigenvalue weighted by atomic mass is 32.1. The monoisotopic (exact) mass is 214 g/mol. The quantitative estimate of drug-likeness (QED) is 0.721. The van der Waals surface area contributed by atoms with E-state index in [-0.39, 0.29) is 0 Å². The molecule has 0 amide bonds. The first kappa shape index (κ1) is 10.9. The summed E-state index contributed by atoms with van der Waals surface area (Å²) >= 11 is 5.02. The lowest BCUT2D eigenvalue weighted by Crippen LogP contribution is -2.35. The van der Waals surface area contributed by atoms with Crippen molar-refractivity contribution in [3.63, 3.8) is 0 Å². The molecule has 0 unspecified atom stereocenters. The molecule has 1 aromatic rings. The lowest BCUT2D eigenvalue weighted by molar-refractivity contribution is 0.387. The number of nitrogens with one attached hydrogen (secondary N) is 2. The molecule has 1 heterocycles. The van der Waals surface area contributed by atoms with E-state index in [1.54, 1.807) is 6.92 Å². The summed E-state index contributed by atoms with van der Waals surface area (Å²) in [6.45, 7) is 5.20. The molecule has 14 heavy (non-hydrogen) atoms. The molecule has 0 aliphatic heterocycles. The molecule has 0 aromatic carbocycles. The number of aromatic nitrogens is 2. The van der Waals surface area contributed by atoms with Gasteiger partial charge in [0, 0.05) is 13.5 Å². The van der Waals surface area contributed by atoms with Gasteiger partial charge in [-0.2, -0.15) is 4.98 Å². The Morgan fingerprint density at radius 3 is 2.86 bits per heavy atom. The predicted octanol–water partition coefficient (Wildman–Crippen LogP) is 0.752.